The van der Waals surface area contributed by atoms with E-state index in [0.29, 0.717) is 17.6 Å². The lowest BCUT2D eigenvalue weighted by Gasteiger charge is -2.36. The van der Waals surface area contributed by atoms with Gasteiger partial charge in [0.1, 0.15) is 0 Å². The van der Waals surface area contributed by atoms with Crippen molar-refractivity contribution < 1.29 is 8.78 Å². The van der Waals surface area contributed by atoms with Crippen LogP contribution in [0.15, 0.2) is 18.2 Å². The van der Waals surface area contributed by atoms with Gasteiger partial charge in [0.2, 0.25) is 0 Å². The Bertz CT molecular complexity index is 440. The summed E-state index contributed by atoms with van der Waals surface area (Å²) in [6.45, 7) is 8.44. The highest BCUT2D eigenvalue weighted by Gasteiger charge is 2.23. The predicted octanol–water partition coefficient (Wildman–Crippen LogP) is 3.49. The largest absolute Gasteiger partial charge is 0.307 e. The highest BCUT2D eigenvalue weighted by Crippen LogP contribution is 2.22. The summed E-state index contributed by atoms with van der Waals surface area (Å²) in [6.07, 6.45) is 2.11. The van der Waals surface area contributed by atoms with Crippen LogP contribution < -0.4 is 5.32 Å². The van der Waals surface area contributed by atoms with Gasteiger partial charge in [0.05, 0.1) is 0 Å². The number of hydrogen-bond donors (Lipinski definition) is 1. The third-order valence-corrected chi connectivity index (χ3v) is 4.19. The Hall–Kier alpha value is -1.00. The molecule has 0 aliphatic carbocycles. The monoisotopic (exact) mass is 282 g/mol. The summed E-state index contributed by atoms with van der Waals surface area (Å²) in [6, 6.07) is 5.16. The standard InChI is InChI=1S/C16H24F2N2/c1-11(2)20-9-7-13(8-10-20)19-12(3)14-5-4-6-15(17)16(14)18/h4-6,11-13,19H,7-10H2,1-3H3. The molecular weight excluding hydrogens is 258 g/mol. The van der Waals surface area contributed by atoms with Crippen molar-refractivity contribution in [2.75, 3.05) is 13.1 Å². The first kappa shape index (κ1) is 15.4. The van der Waals surface area contributed by atoms with E-state index in [1.165, 1.54) is 0 Å². The minimum absolute atomic E-state index is 0.165. The first-order chi connectivity index (χ1) is 9.49. The van der Waals surface area contributed by atoms with Gasteiger partial charge < -0.3 is 10.2 Å². The van der Waals surface area contributed by atoms with E-state index in [4.69, 9.17) is 0 Å². The predicted molar refractivity (Wildman–Crippen MR) is 77.6 cm³/mol. The third-order valence-electron chi connectivity index (χ3n) is 4.19. The molecule has 1 N–H and O–H groups in total. The van der Waals surface area contributed by atoms with E-state index in [1.807, 2.05) is 6.92 Å². The SMILES string of the molecule is CC(NC1CCN(C(C)C)CC1)c1cccc(F)c1F. The molecule has 1 aromatic rings. The number of piperidine rings is 1. The Kier molecular flexibility index (Phi) is 5.11. The molecule has 2 nitrogen and oxygen atoms in total. The van der Waals surface area contributed by atoms with E-state index >= 15 is 0 Å². The number of benzene rings is 1. The Morgan fingerprint density at radius 2 is 1.80 bits per heavy atom. The summed E-state index contributed by atoms with van der Waals surface area (Å²) >= 11 is 0. The number of nitrogens with zero attached hydrogens (tertiary/aromatic N) is 1. The molecule has 1 aliphatic rings. The molecule has 0 saturated carbocycles. The van der Waals surface area contributed by atoms with Gasteiger partial charge in [-0.25, -0.2) is 8.78 Å². The van der Waals surface area contributed by atoms with Crippen molar-refractivity contribution in [2.24, 2.45) is 0 Å². The van der Waals surface area contributed by atoms with Crippen molar-refractivity contribution in [3.63, 3.8) is 0 Å². The van der Waals surface area contributed by atoms with Crippen LogP contribution in [-0.4, -0.2) is 30.1 Å². The molecule has 1 heterocycles. The molecule has 0 amide bonds. The molecule has 20 heavy (non-hydrogen) atoms. The van der Waals surface area contributed by atoms with E-state index < -0.39 is 11.6 Å². The number of halogens is 2. The maximum absolute atomic E-state index is 13.8. The summed E-state index contributed by atoms with van der Waals surface area (Å²) in [7, 11) is 0. The average molecular weight is 282 g/mol. The van der Waals surface area contributed by atoms with Crippen molar-refractivity contribution in [1.82, 2.24) is 10.2 Å². The van der Waals surface area contributed by atoms with Gasteiger partial charge in [-0.2, -0.15) is 0 Å². The van der Waals surface area contributed by atoms with Crippen LogP contribution in [0.25, 0.3) is 0 Å². The van der Waals surface area contributed by atoms with Gasteiger partial charge in [-0.3, -0.25) is 0 Å². The van der Waals surface area contributed by atoms with Crippen LogP contribution in [0.5, 0.6) is 0 Å². The van der Waals surface area contributed by atoms with Crippen LogP contribution in [0.1, 0.15) is 45.2 Å². The molecule has 2 rings (SSSR count). The van der Waals surface area contributed by atoms with Crippen LogP contribution >= 0.6 is 0 Å². The second kappa shape index (κ2) is 6.64. The lowest BCUT2D eigenvalue weighted by atomic mass is 10.0. The number of hydrogen-bond acceptors (Lipinski definition) is 2. The molecule has 1 unspecified atom stereocenters. The minimum atomic E-state index is -0.772. The lowest BCUT2D eigenvalue weighted by Crippen LogP contribution is -2.45. The summed E-state index contributed by atoms with van der Waals surface area (Å²) in [5, 5.41) is 3.43. The van der Waals surface area contributed by atoms with Gasteiger partial charge in [0, 0.05) is 23.7 Å². The van der Waals surface area contributed by atoms with E-state index in [-0.39, 0.29) is 6.04 Å². The van der Waals surface area contributed by atoms with Gasteiger partial charge >= 0.3 is 0 Å². The first-order valence-corrected chi connectivity index (χ1v) is 7.43. The topological polar surface area (TPSA) is 15.3 Å². The first-order valence-electron chi connectivity index (χ1n) is 7.43. The molecular formula is C16H24F2N2. The van der Waals surface area contributed by atoms with Gasteiger partial charge in [-0.05, 0) is 52.8 Å². The van der Waals surface area contributed by atoms with E-state index in [2.05, 4.69) is 24.1 Å². The Balaban J connectivity index is 1.92. The average Bonchev–Trinajstić information content (AvgIpc) is 2.42. The zero-order valence-corrected chi connectivity index (χ0v) is 12.5. The normalized spacial score (nSPS) is 19.5. The third kappa shape index (κ3) is 3.55. The Labute approximate surface area is 120 Å². The zero-order valence-electron chi connectivity index (χ0n) is 12.5. The summed E-state index contributed by atoms with van der Waals surface area (Å²) in [5.74, 6) is -1.50. The molecule has 0 bridgehead atoms. The molecule has 4 heteroatoms. The highest BCUT2D eigenvalue weighted by molar-refractivity contribution is 5.22. The van der Waals surface area contributed by atoms with Crippen LogP contribution in [0.4, 0.5) is 8.78 Å². The van der Waals surface area contributed by atoms with Crippen LogP contribution in [0.3, 0.4) is 0 Å². The molecule has 1 aliphatic heterocycles. The molecule has 1 fully saturated rings. The van der Waals surface area contributed by atoms with Crippen LogP contribution in [0, 0.1) is 11.6 Å². The second-order valence-corrected chi connectivity index (χ2v) is 5.94. The van der Waals surface area contributed by atoms with Crippen LogP contribution in [-0.2, 0) is 0 Å². The number of rotatable bonds is 4. The highest BCUT2D eigenvalue weighted by atomic mass is 19.2. The number of nitrogens with one attached hydrogen (secondary N) is 1. The fraction of sp³-hybridized carbons (Fsp3) is 0.625. The van der Waals surface area contributed by atoms with Gasteiger partial charge in [0.25, 0.3) is 0 Å². The zero-order chi connectivity index (χ0) is 14.7. The Morgan fingerprint density at radius 3 is 2.40 bits per heavy atom. The van der Waals surface area contributed by atoms with Crippen molar-refractivity contribution in [1.29, 1.82) is 0 Å². The van der Waals surface area contributed by atoms with E-state index in [1.54, 1.807) is 12.1 Å². The van der Waals surface area contributed by atoms with Crippen molar-refractivity contribution >= 4 is 0 Å². The van der Waals surface area contributed by atoms with E-state index in [9.17, 15) is 8.78 Å². The van der Waals surface area contributed by atoms with Gasteiger partial charge in [-0.1, -0.05) is 12.1 Å². The summed E-state index contributed by atoms with van der Waals surface area (Å²) in [5.41, 5.74) is 0.413. The Morgan fingerprint density at radius 1 is 1.15 bits per heavy atom. The molecule has 112 valence electrons. The molecule has 1 aromatic carbocycles. The molecule has 0 spiro atoms. The summed E-state index contributed by atoms with van der Waals surface area (Å²) in [4.78, 5) is 2.45. The van der Waals surface area contributed by atoms with Crippen molar-refractivity contribution in [3.8, 4) is 0 Å². The number of likely N-dealkylation sites (tertiary alicyclic amines) is 1. The maximum atomic E-state index is 13.8. The maximum Gasteiger partial charge on any atom is 0.163 e. The fourth-order valence-corrected chi connectivity index (χ4v) is 2.88. The van der Waals surface area contributed by atoms with E-state index in [0.717, 1.165) is 32.0 Å². The molecule has 1 atom stereocenters. The molecule has 0 radical (unpaired) electrons. The van der Waals surface area contributed by atoms with Gasteiger partial charge in [0.15, 0.2) is 11.6 Å². The second-order valence-electron chi connectivity index (χ2n) is 5.94. The summed E-state index contributed by atoms with van der Waals surface area (Å²) < 4.78 is 27.0. The van der Waals surface area contributed by atoms with Crippen LogP contribution in [0.2, 0.25) is 0 Å². The van der Waals surface area contributed by atoms with Gasteiger partial charge in [-0.15, -0.1) is 0 Å². The van der Waals surface area contributed by atoms with Crippen molar-refractivity contribution in [3.05, 3.63) is 35.4 Å². The smallest absolute Gasteiger partial charge is 0.163 e. The molecule has 1 saturated heterocycles. The molecule has 0 aromatic heterocycles. The minimum Gasteiger partial charge on any atom is -0.307 e. The quantitative estimate of drug-likeness (QED) is 0.909. The lowest BCUT2D eigenvalue weighted by molar-refractivity contribution is 0.157. The fourth-order valence-electron chi connectivity index (χ4n) is 2.88. The van der Waals surface area contributed by atoms with Crippen molar-refractivity contribution in [2.45, 2.75) is 51.7 Å².